The number of nitrogens with one attached hydrogen (secondary N) is 1. The van der Waals surface area contributed by atoms with Gasteiger partial charge in [-0.25, -0.2) is 13.2 Å². The van der Waals surface area contributed by atoms with Gasteiger partial charge in [-0.2, -0.15) is 0 Å². The molecule has 1 amide bonds. The molecule has 0 aliphatic heterocycles. The van der Waals surface area contributed by atoms with E-state index in [1.54, 1.807) is 30.4 Å². The van der Waals surface area contributed by atoms with Crippen molar-refractivity contribution in [2.45, 2.75) is 30.1 Å². The highest BCUT2D eigenvalue weighted by molar-refractivity contribution is 7.91. The zero-order valence-electron chi connectivity index (χ0n) is 20.3. The van der Waals surface area contributed by atoms with Crippen LogP contribution in [0, 0.1) is 0 Å². The van der Waals surface area contributed by atoms with Gasteiger partial charge in [0, 0.05) is 15.9 Å². The Morgan fingerprint density at radius 1 is 0.895 bits per heavy atom. The molecule has 10 heteroatoms. The number of carboxylic acid groups (broad SMARTS) is 1. The lowest BCUT2D eigenvalue weighted by Crippen LogP contribution is -2.49. The number of carbonyl (C=O) groups is 1. The molecule has 1 aliphatic carbocycles. The molecule has 0 unspecified atom stereocenters. The van der Waals surface area contributed by atoms with Crippen molar-refractivity contribution in [3.05, 3.63) is 135 Å². The van der Waals surface area contributed by atoms with Crippen molar-refractivity contribution in [3.63, 3.8) is 0 Å². The van der Waals surface area contributed by atoms with Crippen molar-refractivity contribution in [2.24, 2.45) is 4.52 Å². The molecule has 0 aromatic heterocycles. The van der Waals surface area contributed by atoms with E-state index in [0.29, 0.717) is 16.7 Å². The maximum atomic E-state index is 14.0. The number of benzene rings is 3. The minimum absolute atomic E-state index is 0.105. The molecule has 0 radical (unpaired) electrons. The van der Waals surface area contributed by atoms with Crippen LogP contribution in [0.2, 0.25) is 0 Å². The highest BCUT2D eigenvalue weighted by atomic mass is 32.2. The molecule has 194 valence electrons. The van der Waals surface area contributed by atoms with E-state index in [4.69, 9.17) is 0 Å². The van der Waals surface area contributed by atoms with Crippen LogP contribution < -0.4 is 5.32 Å². The normalized spacial score (nSPS) is 19.0. The van der Waals surface area contributed by atoms with Crippen LogP contribution in [0.25, 0.3) is 10.4 Å². The fraction of sp³-hybridized carbons (Fsp3) is 0.179. The number of hydrogen-bond donors (Lipinski definition) is 3. The quantitative estimate of drug-likeness (QED) is 0.148. The average molecular weight is 531 g/mol. The third-order valence-electron chi connectivity index (χ3n) is 6.58. The summed E-state index contributed by atoms with van der Waals surface area (Å²) in [7, 11) is -4.61. The molecule has 0 bridgehead atoms. The van der Waals surface area contributed by atoms with Gasteiger partial charge in [0.15, 0.2) is 0 Å². The number of hydrogen-bond acceptors (Lipinski definition) is 4. The molecular formula is C28H26N4O5S. The Kier molecular flexibility index (Phi) is 7.85. The van der Waals surface area contributed by atoms with Gasteiger partial charge in [-0.3, -0.25) is 0 Å². The summed E-state index contributed by atoms with van der Waals surface area (Å²) >= 11 is 0. The number of rotatable bonds is 9. The molecule has 0 atom stereocenters. The Bertz CT molecular complexity index is 1470. The molecule has 0 saturated carbocycles. The third-order valence-corrected chi connectivity index (χ3v) is 8.42. The summed E-state index contributed by atoms with van der Waals surface area (Å²) < 4.78 is 29.5. The van der Waals surface area contributed by atoms with E-state index < -0.39 is 26.9 Å². The number of phenols is 1. The summed E-state index contributed by atoms with van der Waals surface area (Å²) in [5.41, 5.74) is 11.9. The van der Waals surface area contributed by atoms with E-state index >= 15 is 0 Å². The number of aromatic hydroxyl groups is 1. The first-order chi connectivity index (χ1) is 18.2. The second-order valence-corrected chi connectivity index (χ2v) is 10.8. The molecule has 3 N–H and O–H groups in total. The summed E-state index contributed by atoms with van der Waals surface area (Å²) in [5.74, 6) is -0.105. The smallest absolute Gasteiger partial charge is 0.405 e. The topological polar surface area (TPSA) is 152 Å². The van der Waals surface area contributed by atoms with Crippen molar-refractivity contribution >= 4 is 16.1 Å². The lowest BCUT2D eigenvalue weighted by atomic mass is 9.75. The monoisotopic (exact) mass is 530 g/mol. The molecule has 1 aliphatic rings. The van der Waals surface area contributed by atoms with Crippen LogP contribution in [0.5, 0.6) is 5.75 Å². The average Bonchev–Trinajstić information content (AvgIpc) is 2.88. The number of amides is 1. The molecule has 4 rings (SSSR count). The fourth-order valence-electron chi connectivity index (χ4n) is 4.91. The molecule has 3 aromatic rings. The van der Waals surface area contributed by atoms with Crippen LogP contribution in [0.3, 0.4) is 0 Å². The first-order valence-corrected chi connectivity index (χ1v) is 13.3. The van der Waals surface area contributed by atoms with Crippen molar-refractivity contribution in [2.75, 3.05) is 0 Å². The van der Waals surface area contributed by atoms with Gasteiger partial charge in [0.25, 0.3) is 0 Å². The Labute approximate surface area is 220 Å². The highest BCUT2D eigenvalue weighted by Gasteiger charge is 2.51. The van der Waals surface area contributed by atoms with Gasteiger partial charge in [0.1, 0.15) is 10.5 Å². The number of phenolic OH excluding ortho intramolecular Hbond substituents is 1. The van der Waals surface area contributed by atoms with Gasteiger partial charge < -0.3 is 15.5 Å². The van der Waals surface area contributed by atoms with Gasteiger partial charge in [0.05, 0.1) is 6.04 Å². The lowest BCUT2D eigenvalue weighted by molar-refractivity contribution is 0.193. The molecule has 0 spiro atoms. The molecule has 0 saturated heterocycles. The maximum Gasteiger partial charge on any atom is 0.405 e. The van der Waals surface area contributed by atoms with Crippen LogP contribution in [-0.2, 0) is 29.3 Å². The summed E-state index contributed by atoms with van der Waals surface area (Å²) in [4.78, 5) is 14.3. The van der Waals surface area contributed by atoms with Crippen molar-refractivity contribution in [1.29, 1.82) is 0 Å². The number of sulfonamides is 1. The van der Waals surface area contributed by atoms with E-state index in [-0.39, 0.29) is 25.0 Å². The van der Waals surface area contributed by atoms with E-state index in [1.165, 1.54) is 6.07 Å². The molecule has 38 heavy (non-hydrogen) atoms. The van der Waals surface area contributed by atoms with E-state index in [9.17, 15) is 29.0 Å². The number of azide groups is 1. The van der Waals surface area contributed by atoms with Crippen LogP contribution in [0.15, 0.2) is 113 Å². The lowest BCUT2D eigenvalue weighted by Gasteiger charge is -2.41. The van der Waals surface area contributed by atoms with Crippen molar-refractivity contribution in [1.82, 2.24) is 5.32 Å². The summed E-state index contributed by atoms with van der Waals surface area (Å²) in [5, 5.41) is 22.5. The van der Waals surface area contributed by atoms with Gasteiger partial charge in [-0.05, 0) is 52.3 Å². The minimum Gasteiger partial charge on any atom is -0.508 e. The summed E-state index contributed by atoms with van der Waals surface area (Å²) in [6, 6.07) is 23.8. The fourth-order valence-corrected chi connectivity index (χ4v) is 6.43. The largest absolute Gasteiger partial charge is 0.508 e. The first-order valence-electron chi connectivity index (χ1n) is 11.8. The van der Waals surface area contributed by atoms with Crippen LogP contribution >= 0.6 is 0 Å². The molecule has 0 heterocycles. The van der Waals surface area contributed by atoms with Crippen LogP contribution in [0.4, 0.5) is 4.79 Å². The van der Waals surface area contributed by atoms with Gasteiger partial charge in [-0.15, -0.1) is 0 Å². The third kappa shape index (κ3) is 5.56. The first kappa shape index (κ1) is 26.5. The number of nitrogens with zero attached hydrogens (tertiary/aromatic N) is 3. The second kappa shape index (κ2) is 11.2. The highest BCUT2D eigenvalue weighted by Crippen LogP contribution is 2.45. The van der Waals surface area contributed by atoms with Crippen molar-refractivity contribution < 1.29 is 23.4 Å². The molecular weight excluding hydrogens is 504 g/mol. The Morgan fingerprint density at radius 3 is 1.87 bits per heavy atom. The molecule has 0 fully saturated rings. The van der Waals surface area contributed by atoms with E-state index in [1.807, 2.05) is 60.7 Å². The maximum absolute atomic E-state index is 14.0. The van der Waals surface area contributed by atoms with Gasteiger partial charge in [-0.1, -0.05) is 91.0 Å². The van der Waals surface area contributed by atoms with E-state index in [0.717, 1.165) is 11.1 Å². The predicted octanol–water partition coefficient (Wildman–Crippen LogP) is 5.30. The van der Waals surface area contributed by atoms with Crippen molar-refractivity contribution in [3.8, 4) is 5.75 Å². The summed E-state index contributed by atoms with van der Waals surface area (Å²) in [6.07, 6.45) is 1.89. The Hall–Kier alpha value is -4.53. The van der Waals surface area contributed by atoms with Crippen LogP contribution in [-0.4, -0.2) is 35.5 Å². The van der Waals surface area contributed by atoms with E-state index in [2.05, 4.69) is 14.7 Å². The standard InChI is InChI=1S/C28H26N4O5S/c29-31-32-38(36,37)28(19-22-13-7-8-14-26(22)33)23(15-20-9-3-1-4-10-20)17-25(30-27(34)35)18-24(28)16-21-11-5-2-6-12-21/h1-14,17-18,25,30,33H,15-16,19H2,(H,34,35). The molecule has 3 aromatic carbocycles. The zero-order chi connectivity index (χ0) is 27.2. The Morgan fingerprint density at radius 2 is 1.39 bits per heavy atom. The van der Waals surface area contributed by atoms with Gasteiger partial charge in [0.2, 0.25) is 10.0 Å². The van der Waals surface area contributed by atoms with Crippen LogP contribution in [0.1, 0.15) is 16.7 Å². The summed E-state index contributed by atoms with van der Waals surface area (Å²) in [6.45, 7) is 0. The minimum atomic E-state index is -4.61. The SMILES string of the molecule is [N-]=[N+]=NS(=O)(=O)C1(Cc2ccccc2O)C(Cc2ccccc2)=CC(NC(=O)O)C=C1Cc1ccccc1. The second-order valence-electron chi connectivity index (χ2n) is 8.96. The number of para-hydroxylation sites is 1. The zero-order valence-corrected chi connectivity index (χ0v) is 21.1. The Balaban J connectivity index is 2.01. The van der Waals surface area contributed by atoms with Gasteiger partial charge >= 0.3 is 6.09 Å². The molecule has 9 nitrogen and oxygen atoms in total. The predicted molar refractivity (Wildman–Crippen MR) is 144 cm³/mol.